The Labute approximate surface area is 166 Å². The highest BCUT2D eigenvalue weighted by Gasteiger charge is 2.43. The number of amidine groups is 1. The largest absolute Gasteiger partial charge is 0.326 e. The fraction of sp³-hybridized carbons (Fsp3) is 0.500. The Morgan fingerprint density at radius 3 is 2.64 bits per heavy atom. The van der Waals surface area contributed by atoms with Gasteiger partial charge in [0.2, 0.25) is 11.8 Å². The van der Waals surface area contributed by atoms with E-state index in [0.29, 0.717) is 6.54 Å². The lowest BCUT2D eigenvalue weighted by Crippen LogP contribution is -2.40. The van der Waals surface area contributed by atoms with Gasteiger partial charge in [-0.2, -0.15) is 0 Å². The molecule has 2 amide bonds. The number of hydrogen-bond acceptors (Lipinski definition) is 4. The van der Waals surface area contributed by atoms with E-state index in [1.807, 2.05) is 36.1 Å². The van der Waals surface area contributed by atoms with Crippen molar-refractivity contribution in [2.75, 3.05) is 11.9 Å². The summed E-state index contributed by atoms with van der Waals surface area (Å²) in [6.07, 6.45) is 4.58. The van der Waals surface area contributed by atoms with Crippen molar-refractivity contribution < 1.29 is 9.59 Å². The molecule has 7 heteroatoms. The number of aliphatic imine (C=N–C) groups is 1. The number of nitrogens with zero attached hydrogens (tertiary/aromatic N) is 2. The van der Waals surface area contributed by atoms with Crippen molar-refractivity contribution in [3.63, 3.8) is 0 Å². The predicted octanol–water partition coefficient (Wildman–Crippen LogP) is 3.88. The molecule has 0 aromatic heterocycles. The lowest BCUT2D eigenvalue weighted by Gasteiger charge is -2.23. The van der Waals surface area contributed by atoms with Crippen LogP contribution in [0.15, 0.2) is 29.3 Å². The summed E-state index contributed by atoms with van der Waals surface area (Å²) in [4.78, 5) is 31.6. The van der Waals surface area contributed by atoms with Gasteiger partial charge in [0.15, 0.2) is 5.17 Å². The van der Waals surface area contributed by atoms with Gasteiger partial charge in [-0.1, -0.05) is 24.6 Å². The Bertz CT molecular complexity index is 671. The number of carbonyl (C=O) groups is 2. The number of hydrogen-bond donors (Lipinski definition) is 1. The van der Waals surface area contributed by atoms with Crippen LogP contribution < -0.4 is 5.32 Å². The smallest absolute Gasteiger partial charge is 0.242 e. The van der Waals surface area contributed by atoms with Gasteiger partial charge in [-0.3, -0.25) is 19.5 Å². The second kappa shape index (κ2) is 8.53. The van der Waals surface area contributed by atoms with Gasteiger partial charge < -0.3 is 5.32 Å². The van der Waals surface area contributed by atoms with Gasteiger partial charge in [0.05, 0.1) is 0 Å². The molecule has 134 valence electrons. The maximum absolute atomic E-state index is 12.9. The first-order valence-electron chi connectivity index (χ1n) is 8.68. The first-order chi connectivity index (χ1) is 12.1. The number of rotatable bonds is 5. The highest BCUT2D eigenvalue weighted by Crippen LogP contribution is 2.36. The molecule has 25 heavy (non-hydrogen) atoms. The van der Waals surface area contributed by atoms with Crippen molar-refractivity contribution in [2.45, 2.75) is 50.3 Å². The predicted molar refractivity (Wildman–Crippen MR) is 111 cm³/mol. The minimum atomic E-state index is -0.366. The van der Waals surface area contributed by atoms with Crippen LogP contribution in [0.5, 0.6) is 0 Å². The van der Waals surface area contributed by atoms with Gasteiger partial charge in [0.1, 0.15) is 5.25 Å². The van der Waals surface area contributed by atoms with Gasteiger partial charge in [0.25, 0.3) is 0 Å². The van der Waals surface area contributed by atoms with E-state index >= 15 is 0 Å². The van der Waals surface area contributed by atoms with Crippen molar-refractivity contribution in [1.82, 2.24) is 4.90 Å². The molecule has 0 unspecified atom stereocenters. The molecule has 2 aliphatic rings. The third kappa shape index (κ3) is 4.55. The standard InChI is InChI=1S/C18H22IN3O2S/c1-2-20-18-22(14-5-3-4-6-14)17(24)15(25-18)11-16(23)21-13-9-7-12(19)8-10-13/h7-10,14-15H,2-6,11H2,1H3,(H,21,23)/t15-/m1/s1. The highest BCUT2D eigenvalue weighted by atomic mass is 127. The number of benzene rings is 1. The summed E-state index contributed by atoms with van der Waals surface area (Å²) < 4.78 is 1.12. The van der Waals surface area contributed by atoms with Gasteiger partial charge in [-0.15, -0.1) is 0 Å². The number of thioether (sulfide) groups is 1. The summed E-state index contributed by atoms with van der Waals surface area (Å²) in [7, 11) is 0. The maximum Gasteiger partial charge on any atom is 0.242 e. The Balaban J connectivity index is 1.65. The van der Waals surface area contributed by atoms with Crippen molar-refractivity contribution in [3.8, 4) is 0 Å². The minimum absolute atomic E-state index is 0.0434. The lowest BCUT2D eigenvalue weighted by atomic mass is 10.2. The van der Waals surface area contributed by atoms with Gasteiger partial charge in [-0.25, -0.2) is 0 Å². The molecule has 1 aromatic rings. The van der Waals surface area contributed by atoms with E-state index in [4.69, 9.17) is 0 Å². The molecule has 1 heterocycles. The van der Waals surface area contributed by atoms with Gasteiger partial charge >= 0.3 is 0 Å². The fourth-order valence-electron chi connectivity index (χ4n) is 3.27. The Morgan fingerprint density at radius 1 is 1.32 bits per heavy atom. The molecule has 2 fully saturated rings. The van der Waals surface area contributed by atoms with Crippen LogP contribution in [-0.2, 0) is 9.59 Å². The van der Waals surface area contributed by atoms with Crippen LogP contribution in [0.3, 0.4) is 0 Å². The Morgan fingerprint density at radius 2 is 2.00 bits per heavy atom. The molecule has 5 nitrogen and oxygen atoms in total. The van der Waals surface area contributed by atoms with E-state index in [9.17, 15) is 9.59 Å². The summed E-state index contributed by atoms with van der Waals surface area (Å²) >= 11 is 3.67. The highest BCUT2D eigenvalue weighted by molar-refractivity contribution is 14.1. The molecular weight excluding hydrogens is 449 g/mol. The summed E-state index contributed by atoms with van der Waals surface area (Å²) in [5, 5.41) is 3.31. The molecule has 1 aromatic carbocycles. The van der Waals surface area contributed by atoms with Crippen LogP contribution in [0.2, 0.25) is 0 Å². The van der Waals surface area contributed by atoms with Crippen LogP contribution in [0, 0.1) is 3.57 Å². The summed E-state index contributed by atoms with van der Waals surface area (Å²) in [5.41, 5.74) is 0.760. The van der Waals surface area contributed by atoms with Gasteiger partial charge in [-0.05, 0) is 66.6 Å². The average molecular weight is 471 g/mol. The Kier molecular flexibility index (Phi) is 6.38. The van der Waals surface area contributed by atoms with Crippen LogP contribution >= 0.6 is 34.4 Å². The van der Waals surface area contributed by atoms with Crippen molar-refractivity contribution >= 4 is 57.0 Å². The number of anilines is 1. The molecule has 1 aliphatic heterocycles. The van der Waals surface area contributed by atoms with Gasteiger partial charge in [0, 0.05) is 28.3 Å². The van der Waals surface area contributed by atoms with E-state index < -0.39 is 0 Å². The second-order valence-electron chi connectivity index (χ2n) is 6.27. The summed E-state index contributed by atoms with van der Waals surface area (Å²) in [6.45, 7) is 2.63. The SMILES string of the molecule is CCN=C1S[C@H](CC(=O)Nc2ccc(I)cc2)C(=O)N1C1CCCC1. The second-order valence-corrected chi connectivity index (χ2v) is 8.68. The molecule has 1 saturated heterocycles. The maximum atomic E-state index is 12.9. The zero-order chi connectivity index (χ0) is 17.8. The first-order valence-corrected chi connectivity index (χ1v) is 10.6. The zero-order valence-electron chi connectivity index (χ0n) is 14.2. The molecule has 1 atom stereocenters. The van der Waals surface area contributed by atoms with Crippen LogP contribution in [-0.4, -0.2) is 39.7 Å². The van der Waals surface area contributed by atoms with Crippen LogP contribution in [0.25, 0.3) is 0 Å². The molecule has 1 saturated carbocycles. The first kappa shape index (κ1) is 18.7. The lowest BCUT2D eigenvalue weighted by molar-refractivity contribution is -0.129. The molecule has 0 bridgehead atoms. The molecule has 0 spiro atoms. The van der Waals surface area contributed by atoms with Crippen LogP contribution in [0.1, 0.15) is 39.0 Å². The van der Waals surface area contributed by atoms with E-state index in [1.54, 1.807) is 0 Å². The van der Waals surface area contributed by atoms with Crippen molar-refractivity contribution in [1.29, 1.82) is 0 Å². The van der Waals surface area contributed by atoms with Crippen molar-refractivity contribution in [3.05, 3.63) is 27.8 Å². The minimum Gasteiger partial charge on any atom is -0.326 e. The molecule has 1 aliphatic carbocycles. The van der Waals surface area contributed by atoms with E-state index in [2.05, 4.69) is 32.9 Å². The van der Waals surface area contributed by atoms with E-state index in [0.717, 1.165) is 40.1 Å². The number of amides is 2. The Hall–Kier alpha value is -1.09. The zero-order valence-corrected chi connectivity index (χ0v) is 17.2. The summed E-state index contributed by atoms with van der Waals surface area (Å²) in [6, 6.07) is 7.89. The normalized spacial score (nSPS) is 22.8. The molecule has 3 rings (SSSR count). The number of halogens is 1. The topological polar surface area (TPSA) is 61.8 Å². The molecular formula is C18H22IN3O2S. The molecule has 0 radical (unpaired) electrons. The number of carbonyl (C=O) groups excluding carboxylic acids is 2. The van der Waals surface area contributed by atoms with Crippen molar-refractivity contribution in [2.24, 2.45) is 4.99 Å². The quantitative estimate of drug-likeness (QED) is 0.664. The third-order valence-electron chi connectivity index (χ3n) is 4.45. The fourth-order valence-corrected chi connectivity index (χ4v) is 4.89. The average Bonchev–Trinajstić information content (AvgIpc) is 3.19. The summed E-state index contributed by atoms with van der Waals surface area (Å²) in [5.74, 6) is -0.0851. The van der Waals surface area contributed by atoms with Crippen LogP contribution in [0.4, 0.5) is 5.69 Å². The third-order valence-corrected chi connectivity index (χ3v) is 6.36. The van der Waals surface area contributed by atoms with E-state index in [1.165, 1.54) is 11.8 Å². The molecule has 1 N–H and O–H groups in total. The monoisotopic (exact) mass is 471 g/mol. The van der Waals surface area contributed by atoms with E-state index in [-0.39, 0.29) is 29.5 Å². The number of nitrogens with one attached hydrogen (secondary N) is 1.